The fourth-order valence-corrected chi connectivity index (χ4v) is 2.39. The van der Waals surface area contributed by atoms with Crippen molar-refractivity contribution in [3.05, 3.63) is 64.2 Å². The maximum absolute atomic E-state index is 12.4. The summed E-state index contributed by atoms with van der Waals surface area (Å²) in [5.41, 5.74) is 0.0431. The molecule has 10 nitrogen and oxygen atoms in total. The van der Waals surface area contributed by atoms with Crippen LogP contribution in [0.2, 0.25) is 0 Å². The van der Waals surface area contributed by atoms with E-state index in [1.807, 2.05) is 18.2 Å². The van der Waals surface area contributed by atoms with E-state index in [2.05, 4.69) is 10.6 Å². The summed E-state index contributed by atoms with van der Waals surface area (Å²) in [6.07, 6.45) is 0. The third kappa shape index (κ3) is 7.40. The molecule has 0 bridgehead atoms. The molecule has 0 fully saturated rings. The molecule has 0 saturated carbocycles. The maximum atomic E-state index is 12.4. The first kappa shape index (κ1) is 22.6. The van der Waals surface area contributed by atoms with Gasteiger partial charge in [-0.15, -0.1) is 0 Å². The molecule has 0 aliphatic rings. The van der Waals surface area contributed by atoms with Gasteiger partial charge in [0, 0.05) is 31.5 Å². The molecule has 0 atom stereocenters. The Bertz CT molecular complexity index is 859. The zero-order valence-corrected chi connectivity index (χ0v) is 16.5. The molecule has 2 aromatic rings. The Kier molecular flexibility index (Phi) is 9.07. The molecule has 10 heteroatoms. The van der Waals surface area contributed by atoms with Gasteiger partial charge in [0.25, 0.3) is 11.6 Å². The molecule has 0 aromatic heterocycles. The molecule has 2 rings (SSSR count). The Morgan fingerprint density at radius 2 is 1.83 bits per heavy atom. The molecule has 30 heavy (non-hydrogen) atoms. The molecule has 0 saturated heterocycles. The number of ether oxygens (including phenoxy) is 3. The van der Waals surface area contributed by atoms with Crippen molar-refractivity contribution in [2.24, 2.45) is 0 Å². The highest BCUT2D eigenvalue weighted by atomic mass is 16.6. The molecule has 0 radical (unpaired) electrons. The first-order valence-electron chi connectivity index (χ1n) is 9.14. The van der Waals surface area contributed by atoms with Gasteiger partial charge < -0.3 is 24.8 Å². The standard InChI is InChI=1S/C20H23N3O7/c1-28-11-9-21-18-8-7-15(23(26)27)13-17(18)20(25)30-14-19(24)22-10-12-29-16-5-3-2-4-6-16/h2-8,13,21H,9-12,14H2,1H3,(H,22,24). The molecule has 0 aliphatic heterocycles. The average Bonchev–Trinajstić information content (AvgIpc) is 2.76. The molecule has 160 valence electrons. The lowest BCUT2D eigenvalue weighted by Gasteiger charge is -2.12. The van der Waals surface area contributed by atoms with Gasteiger partial charge in [-0.1, -0.05) is 18.2 Å². The minimum atomic E-state index is -0.852. The second-order valence-electron chi connectivity index (χ2n) is 5.99. The van der Waals surface area contributed by atoms with Crippen LogP contribution in [0, 0.1) is 10.1 Å². The van der Waals surface area contributed by atoms with Crippen LogP contribution in [0.15, 0.2) is 48.5 Å². The van der Waals surface area contributed by atoms with Crippen LogP contribution >= 0.6 is 0 Å². The SMILES string of the molecule is COCCNc1ccc([N+](=O)[O-])cc1C(=O)OCC(=O)NCCOc1ccccc1. The van der Waals surface area contributed by atoms with Crippen molar-refractivity contribution in [3.8, 4) is 5.75 Å². The lowest BCUT2D eigenvalue weighted by Crippen LogP contribution is -2.32. The summed E-state index contributed by atoms with van der Waals surface area (Å²) in [5, 5.41) is 16.5. The van der Waals surface area contributed by atoms with E-state index < -0.39 is 23.4 Å². The van der Waals surface area contributed by atoms with Gasteiger partial charge >= 0.3 is 5.97 Å². The Labute approximate surface area is 173 Å². The number of anilines is 1. The molecular formula is C20H23N3O7. The van der Waals surface area contributed by atoms with Crippen molar-refractivity contribution in [2.45, 2.75) is 0 Å². The van der Waals surface area contributed by atoms with Crippen LogP contribution in [0.4, 0.5) is 11.4 Å². The minimum Gasteiger partial charge on any atom is -0.492 e. The van der Waals surface area contributed by atoms with Gasteiger partial charge in [0.1, 0.15) is 12.4 Å². The van der Waals surface area contributed by atoms with Crippen molar-refractivity contribution in [3.63, 3.8) is 0 Å². The number of carbonyl (C=O) groups is 2. The molecule has 0 unspecified atom stereocenters. The van der Waals surface area contributed by atoms with Crippen LogP contribution in [0.1, 0.15) is 10.4 Å². The van der Waals surface area contributed by atoms with E-state index in [9.17, 15) is 19.7 Å². The molecule has 0 heterocycles. The van der Waals surface area contributed by atoms with Crippen molar-refractivity contribution >= 4 is 23.3 Å². The van der Waals surface area contributed by atoms with Crippen LogP contribution in [0.3, 0.4) is 0 Å². The van der Waals surface area contributed by atoms with E-state index in [4.69, 9.17) is 14.2 Å². The third-order valence-corrected chi connectivity index (χ3v) is 3.83. The predicted octanol–water partition coefficient (Wildman–Crippen LogP) is 2.01. The van der Waals surface area contributed by atoms with Gasteiger partial charge in [-0.2, -0.15) is 0 Å². The van der Waals surface area contributed by atoms with E-state index in [1.165, 1.54) is 19.2 Å². The lowest BCUT2D eigenvalue weighted by molar-refractivity contribution is -0.384. The number of nitrogens with zero attached hydrogens (tertiary/aromatic N) is 1. The average molecular weight is 417 g/mol. The number of methoxy groups -OCH3 is 1. The van der Waals surface area contributed by atoms with Crippen LogP contribution in [0.25, 0.3) is 0 Å². The summed E-state index contributed by atoms with van der Waals surface area (Å²) in [4.78, 5) is 34.6. The van der Waals surface area contributed by atoms with Crippen LogP contribution < -0.4 is 15.4 Å². The third-order valence-electron chi connectivity index (χ3n) is 3.83. The monoisotopic (exact) mass is 417 g/mol. The number of hydrogen-bond acceptors (Lipinski definition) is 8. The number of rotatable bonds is 12. The number of hydrogen-bond donors (Lipinski definition) is 2. The second kappa shape index (κ2) is 12.0. The van der Waals surface area contributed by atoms with E-state index in [-0.39, 0.29) is 24.4 Å². The fraction of sp³-hybridized carbons (Fsp3) is 0.300. The van der Waals surface area contributed by atoms with Gasteiger partial charge in [-0.3, -0.25) is 14.9 Å². The maximum Gasteiger partial charge on any atom is 0.341 e. The lowest BCUT2D eigenvalue weighted by atomic mass is 10.1. The number of esters is 1. The Hall–Kier alpha value is -3.66. The molecule has 0 aliphatic carbocycles. The van der Waals surface area contributed by atoms with Gasteiger partial charge in [0.15, 0.2) is 6.61 Å². The van der Waals surface area contributed by atoms with Crippen LogP contribution in [-0.4, -0.2) is 56.8 Å². The van der Waals surface area contributed by atoms with Crippen molar-refractivity contribution in [2.75, 3.05) is 45.3 Å². The quantitative estimate of drug-likeness (QED) is 0.232. The molecule has 0 spiro atoms. The highest BCUT2D eigenvalue weighted by Crippen LogP contribution is 2.23. The van der Waals surface area contributed by atoms with Gasteiger partial charge in [0.2, 0.25) is 0 Å². The number of non-ortho nitro benzene ring substituents is 1. The number of amides is 1. The fourth-order valence-electron chi connectivity index (χ4n) is 2.39. The largest absolute Gasteiger partial charge is 0.492 e. The van der Waals surface area contributed by atoms with E-state index in [0.29, 0.717) is 24.6 Å². The number of carbonyl (C=O) groups excluding carboxylic acids is 2. The Morgan fingerprint density at radius 1 is 1.07 bits per heavy atom. The Morgan fingerprint density at radius 3 is 2.53 bits per heavy atom. The Balaban J connectivity index is 1.85. The van der Waals surface area contributed by atoms with Gasteiger partial charge in [-0.25, -0.2) is 4.79 Å². The predicted molar refractivity (Wildman–Crippen MR) is 109 cm³/mol. The highest BCUT2D eigenvalue weighted by Gasteiger charge is 2.19. The van der Waals surface area contributed by atoms with Crippen molar-refractivity contribution in [1.82, 2.24) is 5.32 Å². The summed E-state index contributed by atoms with van der Waals surface area (Å²) in [6.45, 7) is 0.716. The zero-order chi connectivity index (χ0) is 21.8. The highest BCUT2D eigenvalue weighted by molar-refractivity contribution is 5.97. The van der Waals surface area contributed by atoms with Crippen molar-refractivity contribution < 1.29 is 28.7 Å². The number of benzene rings is 2. The summed E-state index contributed by atoms with van der Waals surface area (Å²) in [5.74, 6) is -0.689. The van der Waals surface area contributed by atoms with Crippen LogP contribution in [-0.2, 0) is 14.3 Å². The topological polar surface area (TPSA) is 129 Å². The van der Waals surface area contributed by atoms with E-state index in [0.717, 1.165) is 6.07 Å². The molecular weight excluding hydrogens is 394 g/mol. The molecule has 2 aromatic carbocycles. The van der Waals surface area contributed by atoms with Crippen molar-refractivity contribution in [1.29, 1.82) is 0 Å². The van der Waals surface area contributed by atoms with Gasteiger partial charge in [0.05, 0.1) is 23.6 Å². The summed E-state index contributed by atoms with van der Waals surface area (Å²) < 4.78 is 15.4. The first-order chi connectivity index (χ1) is 14.5. The summed E-state index contributed by atoms with van der Waals surface area (Å²) in [7, 11) is 1.52. The summed E-state index contributed by atoms with van der Waals surface area (Å²) >= 11 is 0. The number of nitrogens with one attached hydrogen (secondary N) is 2. The molecule has 1 amide bonds. The van der Waals surface area contributed by atoms with E-state index in [1.54, 1.807) is 12.1 Å². The van der Waals surface area contributed by atoms with Gasteiger partial charge in [-0.05, 0) is 18.2 Å². The minimum absolute atomic E-state index is 0.0412. The normalized spacial score (nSPS) is 10.2. The van der Waals surface area contributed by atoms with E-state index >= 15 is 0 Å². The number of nitro benzene ring substituents is 1. The smallest absolute Gasteiger partial charge is 0.341 e. The number of nitro groups is 1. The summed E-state index contributed by atoms with van der Waals surface area (Å²) in [6, 6.07) is 12.9. The second-order valence-corrected chi connectivity index (χ2v) is 5.99. The number of para-hydroxylation sites is 1. The first-order valence-corrected chi connectivity index (χ1v) is 9.14. The zero-order valence-electron chi connectivity index (χ0n) is 16.5. The van der Waals surface area contributed by atoms with Crippen LogP contribution in [0.5, 0.6) is 5.75 Å². The molecule has 2 N–H and O–H groups in total.